The summed E-state index contributed by atoms with van der Waals surface area (Å²) < 4.78 is 10.6. The van der Waals surface area contributed by atoms with Crippen LogP contribution in [0.3, 0.4) is 0 Å². The van der Waals surface area contributed by atoms with Gasteiger partial charge >= 0.3 is 6.09 Å². The Morgan fingerprint density at radius 2 is 2.00 bits per heavy atom. The van der Waals surface area contributed by atoms with Crippen LogP contribution < -0.4 is 5.32 Å². The summed E-state index contributed by atoms with van der Waals surface area (Å²) in [6, 6.07) is -0.0256. The zero-order valence-electron chi connectivity index (χ0n) is 11.0. The van der Waals surface area contributed by atoms with Crippen LogP contribution in [0.1, 0.15) is 33.6 Å². The number of hydrogen-bond acceptors (Lipinski definition) is 3. The molecule has 17 heavy (non-hydrogen) atoms. The minimum Gasteiger partial charge on any atom is -0.446 e. The van der Waals surface area contributed by atoms with E-state index in [1.165, 1.54) is 0 Å². The van der Waals surface area contributed by atoms with E-state index >= 15 is 0 Å². The molecule has 1 aliphatic heterocycles. The van der Waals surface area contributed by atoms with Crippen molar-refractivity contribution in [2.75, 3.05) is 13.2 Å². The predicted octanol–water partition coefficient (Wildman–Crippen LogP) is 2.49. The van der Waals surface area contributed by atoms with Gasteiger partial charge in [0.15, 0.2) is 0 Å². The lowest BCUT2D eigenvalue weighted by Crippen LogP contribution is -2.41. The Bertz CT molecular complexity index is 270. The topological polar surface area (TPSA) is 47.6 Å². The summed E-state index contributed by atoms with van der Waals surface area (Å²) in [7, 11) is 0. The lowest BCUT2D eigenvalue weighted by atomic mass is 9.98. The number of carbonyl (C=O) groups excluding carboxylic acids is 1. The van der Waals surface area contributed by atoms with Gasteiger partial charge in [-0.15, -0.1) is 0 Å². The van der Waals surface area contributed by atoms with Gasteiger partial charge in [-0.05, 0) is 12.8 Å². The average molecular weight is 241 g/mol. The Labute approximate surface area is 103 Å². The van der Waals surface area contributed by atoms with E-state index in [1.54, 1.807) is 0 Å². The normalized spacial score (nSPS) is 18.8. The van der Waals surface area contributed by atoms with Crippen LogP contribution in [0.2, 0.25) is 0 Å². The minimum absolute atomic E-state index is 0.0123. The first-order chi connectivity index (χ1) is 8.00. The summed E-state index contributed by atoms with van der Waals surface area (Å²) in [4.78, 5) is 11.7. The second-order valence-electron chi connectivity index (χ2n) is 4.93. The number of alkyl carbamates (subject to hydrolysis) is 1. The van der Waals surface area contributed by atoms with Crippen LogP contribution in [0.15, 0.2) is 12.2 Å². The molecule has 0 radical (unpaired) electrons. The number of carbonyl (C=O) groups is 1. The lowest BCUT2D eigenvalue weighted by Gasteiger charge is -2.26. The van der Waals surface area contributed by atoms with Crippen molar-refractivity contribution in [3.8, 4) is 0 Å². The van der Waals surface area contributed by atoms with Crippen molar-refractivity contribution in [2.24, 2.45) is 5.92 Å². The quantitative estimate of drug-likeness (QED) is 0.769. The number of nitrogens with one attached hydrogen (secondary N) is 1. The molecule has 0 aliphatic carbocycles. The second-order valence-corrected chi connectivity index (χ2v) is 4.93. The maximum absolute atomic E-state index is 11.7. The fourth-order valence-electron chi connectivity index (χ4n) is 1.97. The molecule has 1 atom stereocenters. The summed E-state index contributed by atoms with van der Waals surface area (Å²) in [6.45, 7) is 11.2. The van der Waals surface area contributed by atoms with Crippen molar-refractivity contribution in [1.82, 2.24) is 5.32 Å². The van der Waals surface area contributed by atoms with Gasteiger partial charge in [0.25, 0.3) is 0 Å². The Morgan fingerprint density at radius 3 is 2.47 bits per heavy atom. The van der Waals surface area contributed by atoms with Crippen LogP contribution in [0.4, 0.5) is 4.79 Å². The standard InChI is InChI=1S/C13H23NO3/c1-9(2)12(10(3)4)14-13(15)17-11-5-7-16-8-6-11/h10-12H,1,5-8H2,2-4H3,(H,14,15). The molecule has 0 aromatic heterocycles. The number of ether oxygens (including phenoxy) is 2. The molecule has 0 saturated carbocycles. The molecule has 1 amide bonds. The maximum atomic E-state index is 11.7. The van der Waals surface area contributed by atoms with Crippen molar-refractivity contribution < 1.29 is 14.3 Å². The number of amides is 1. The molecule has 0 bridgehead atoms. The molecule has 4 nitrogen and oxygen atoms in total. The van der Waals surface area contributed by atoms with E-state index in [0.29, 0.717) is 19.1 Å². The molecule has 1 fully saturated rings. The van der Waals surface area contributed by atoms with Crippen LogP contribution in [0.25, 0.3) is 0 Å². The predicted molar refractivity (Wildman–Crippen MR) is 66.9 cm³/mol. The van der Waals surface area contributed by atoms with Crippen LogP contribution in [0.5, 0.6) is 0 Å². The van der Waals surface area contributed by atoms with E-state index in [1.807, 2.05) is 20.8 Å². The Balaban J connectivity index is 2.38. The highest BCUT2D eigenvalue weighted by molar-refractivity contribution is 5.68. The fraction of sp³-hybridized carbons (Fsp3) is 0.769. The first-order valence-electron chi connectivity index (χ1n) is 6.21. The SMILES string of the molecule is C=C(C)C(NC(=O)OC1CCOCC1)C(C)C. The second kappa shape index (κ2) is 6.64. The van der Waals surface area contributed by atoms with Crippen LogP contribution >= 0.6 is 0 Å². The molecule has 1 aliphatic rings. The van der Waals surface area contributed by atoms with Gasteiger partial charge in [0.1, 0.15) is 6.10 Å². The molecule has 0 spiro atoms. The van der Waals surface area contributed by atoms with Gasteiger partial charge in [-0.2, -0.15) is 0 Å². The average Bonchev–Trinajstić information content (AvgIpc) is 2.26. The molecule has 1 saturated heterocycles. The van der Waals surface area contributed by atoms with E-state index in [-0.39, 0.29) is 18.2 Å². The fourth-order valence-corrected chi connectivity index (χ4v) is 1.97. The largest absolute Gasteiger partial charge is 0.446 e. The van der Waals surface area contributed by atoms with Gasteiger partial charge in [0.05, 0.1) is 19.3 Å². The Kier molecular flexibility index (Phi) is 5.48. The summed E-state index contributed by atoms with van der Waals surface area (Å²) in [6.07, 6.45) is 1.21. The van der Waals surface area contributed by atoms with Crippen LogP contribution in [-0.2, 0) is 9.47 Å². The summed E-state index contributed by atoms with van der Waals surface area (Å²) >= 11 is 0. The van der Waals surface area contributed by atoms with E-state index < -0.39 is 0 Å². The summed E-state index contributed by atoms with van der Waals surface area (Å²) in [5, 5.41) is 2.86. The molecular formula is C13H23NO3. The first kappa shape index (κ1) is 14.0. The van der Waals surface area contributed by atoms with Crippen LogP contribution in [-0.4, -0.2) is 31.5 Å². The van der Waals surface area contributed by atoms with Crippen molar-refractivity contribution in [3.05, 3.63) is 12.2 Å². The van der Waals surface area contributed by atoms with Gasteiger partial charge < -0.3 is 14.8 Å². The number of hydrogen-bond donors (Lipinski definition) is 1. The number of rotatable bonds is 4. The third-order valence-electron chi connectivity index (χ3n) is 2.91. The minimum atomic E-state index is -0.349. The zero-order chi connectivity index (χ0) is 12.8. The van der Waals surface area contributed by atoms with Crippen molar-refractivity contribution >= 4 is 6.09 Å². The third kappa shape index (κ3) is 4.77. The molecule has 98 valence electrons. The van der Waals surface area contributed by atoms with Gasteiger partial charge in [-0.1, -0.05) is 26.0 Å². The Hall–Kier alpha value is -1.03. The molecule has 1 unspecified atom stereocenters. The Morgan fingerprint density at radius 1 is 1.41 bits per heavy atom. The highest BCUT2D eigenvalue weighted by Crippen LogP contribution is 2.13. The monoisotopic (exact) mass is 241 g/mol. The van der Waals surface area contributed by atoms with Gasteiger partial charge in [0, 0.05) is 12.8 Å². The van der Waals surface area contributed by atoms with E-state index in [0.717, 1.165) is 18.4 Å². The van der Waals surface area contributed by atoms with E-state index in [4.69, 9.17) is 9.47 Å². The van der Waals surface area contributed by atoms with Crippen molar-refractivity contribution in [1.29, 1.82) is 0 Å². The molecule has 4 heteroatoms. The first-order valence-corrected chi connectivity index (χ1v) is 6.21. The third-order valence-corrected chi connectivity index (χ3v) is 2.91. The highest BCUT2D eigenvalue weighted by atomic mass is 16.6. The van der Waals surface area contributed by atoms with Gasteiger partial charge in [-0.3, -0.25) is 0 Å². The van der Waals surface area contributed by atoms with E-state index in [2.05, 4.69) is 11.9 Å². The molecule has 1 heterocycles. The van der Waals surface area contributed by atoms with Gasteiger partial charge in [0.2, 0.25) is 0 Å². The van der Waals surface area contributed by atoms with Crippen LogP contribution in [0, 0.1) is 5.92 Å². The van der Waals surface area contributed by atoms with E-state index in [9.17, 15) is 4.79 Å². The smallest absolute Gasteiger partial charge is 0.407 e. The lowest BCUT2D eigenvalue weighted by molar-refractivity contribution is 0.000717. The zero-order valence-corrected chi connectivity index (χ0v) is 11.0. The van der Waals surface area contributed by atoms with Crippen molar-refractivity contribution in [2.45, 2.75) is 45.8 Å². The summed E-state index contributed by atoms with van der Waals surface area (Å²) in [5.74, 6) is 0.315. The molecule has 1 N–H and O–H groups in total. The molecule has 0 aromatic rings. The molecule has 1 rings (SSSR count). The summed E-state index contributed by atoms with van der Waals surface area (Å²) in [5.41, 5.74) is 0.948. The molecule has 0 aromatic carbocycles. The maximum Gasteiger partial charge on any atom is 0.407 e. The highest BCUT2D eigenvalue weighted by Gasteiger charge is 2.21. The van der Waals surface area contributed by atoms with Crippen molar-refractivity contribution in [3.63, 3.8) is 0 Å². The van der Waals surface area contributed by atoms with Gasteiger partial charge in [-0.25, -0.2) is 4.79 Å². The molecular weight excluding hydrogens is 218 g/mol.